The molecule has 4 rings (SSSR count). The number of carbonyl (C=O) groups excluding carboxylic acids is 1. The first kappa shape index (κ1) is 20.7. The fraction of sp³-hybridized carbons (Fsp3) is 0.348. The van der Waals surface area contributed by atoms with Crippen LogP contribution in [0.1, 0.15) is 18.4 Å². The second-order valence-corrected chi connectivity index (χ2v) is 7.44. The molecule has 1 aromatic carbocycles. The highest BCUT2D eigenvalue weighted by molar-refractivity contribution is 5.70. The van der Waals surface area contributed by atoms with Crippen LogP contribution in [0.5, 0.6) is 11.5 Å². The van der Waals surface area contributed by atoms with Crippen molar-refractivity contribution in [1.29, 1.82) is 0 Å². The van der Waals surface area contributed by atoms with Crippen LogP contribution in [-0.4, -0.2) is 52.0 Å². The zero-order valence-corrected chi connectivity index (χ0v) is 17.3. The topological polar surface area (TPSA) is 78.7 Å². The van der Waals surface area contributed by atoms with E-state index < -0.39 is 0 Å². The average Bonchev–Trinajstić information content (AvgIpc) is 3.34. The van der Waals surface area contributed by atoms with Crippen molar-refractivity contribution >= 4 is 6.09 Å². The van der Waals surface area contributed by atoms with Gasteiger partial charge in [-0.1, -0.05) is 12.1 Å². The van der Waals surface area contributed by atoms with E-state index in [9.17, 15) is 4.79 Å². The van der Waals surface area contributed by atoms with Gasteiger partial charge in [0.15, 0.2) is 0 Å². The zero-order chi connectivity index (χ0) is 21.3. The van der Waals surface area contributed by atoms with E-state index in [1.165, 1.54) is 0 Å². The van der Waals surface area contributed by atoms with Crippen LogP contribution in [0, 0.1) is 5.92 Å². The minimum absolute atomic E-state index is 0.303. The van der Waals surface area contributed by atoms with E-state index in [1.54, 1.807) is 40.7 Å². The van der Waals surface area contributed by atoms with E-state index in [0.717, 1.165) is 30.6 Å². The van der Waals surface area contributed by atoms with Gasteiger partial charge in [-0.3, -0.25) is 4.98 Å². The first-order chi connectivity index (χ1) is 15.3. The van der Waals surface area contributed by atoms with Gasteiger partial charge in [-0.2, -0.15) is 4.73 Å². The van der Waals surface area contributed by atoms with E-state index in [2.05, 4.69) is 9.97 Å². The number of hydrogen-bond acceptors (Lipinski definition) is 6. The van der Waals surface area contributed by atoms with Gasteiger partial charge in [-0.05, 0) is 48.6 Å². The summed E-state index contributed by atoms with van der Waals surface area (Å²) in [6, 6.07) is 11.2. The van der Waals surface area contributed by atoms with Crippen LogP contribution in [0.2, 0.25) is 0 Å². The van der Waals surface area contributed by atoms with Crippen LogP contribution in [0.15, 0.2) is 67.5 Å². The third-order valence-electron chi connectivity index (χ3n) is 5.25. The third kappa shape index (κ3) is 6.21. The molecule has 0 spiro atoms. The van der Waals surface area contributed by atoms with Crippen LogP contribution < -0.4 is 14.3 Å². The van der Waals surface area contributed by atoms with Crippen molar-refractivity contribution in [3.8, 4) is 11.5 Å². The molecule has 1 saturated heterocycles. The predicted molar refractivity (Wildman–Crippen MR) is 114 cm³/mol. The second kappa shape index (κ2) is 10.5. The summed E-state index contributed by atoms with van der Waals surface area (Å²) in [6.45, 7) is 2.52. The fourth-order valence-corrected chi connectivity index (χ4v) is 3.41. The number of amides is 1. The monoisotopic (exact) mass is 422 g/mol. The summed E-state index contributed by atoms with van der Waals surface area (Å²) in [6.07, 6.45) is 10.7. The number of ether oxygens (including phenoxy) is 2. The second-order valence-electron chi connectivity index (χ2n) is 7.44. The Labute approximate surface area is 181 Å². The lowest BCUT2D eigenvalue weighted by Crippen LogP contribution is -2.41. The van der Waals surface area contributed by atoms with Gasteiger partial charge < -0.3 is 19.2 Å². The lowest BCUT2D eigenvalue weighted by atomic mass is 9.98. The molecule has 2 aromatic heterocycles. The molecule has 0 aliphatic carbocycles. The fourth-order valence-electron chi connectivity index (χ4n) is 3.41. The Morgan fingerprint density at radius 1 is 0.968 bits per heavy atom. The van der Waals surface area contributed by atoms with Gasteiger partial charge in [0.1, 0.15) is 24.4 Å². The largest absolute Gasteiger partial charge is 0.493 e. The summed E-state index contributed by atoms with van der Waals surface area (Å²) >= 11 is 0. The Morgan fingerprint density at radius 3 is 2.45 bits per heavy atom. The van der Waals surface area contributed by atoms with Crippen LogP contribution in [0.4, 0.5) is 4.79 Å². The molecule has 1 aliphatic heterocycles. The predicted octanol–water partition coefficient (Wildman–Crippen LogP) is 3.24. The van der Waals surface area contributed by atoms with E-state index >= 15 is 0 Å². The van der Waals surface area contributed by atoms with Crippen molar-refractivity contribution in [1.82, 2.24) is 19.6 Å². The molecule has 0 radical (unpaired) electrons. The first-order valence-corrected chi connectivity index (χ1v) is 10.5. The molecule has 0 bridgehead atoms. The number of imidazole rings is 1. The van der Waals surface area contributed by atoms with Gasteiger partial charge in [-0.15, -0.1) is 0 Å². The van der Waals surface area contributed by atoms with Gasteiger partial charge in [-0.25, -0.2) is 9.78 Å². The number of benzene rings is 1. The molecule has 0 atom stereocenters. The Balaban J connectivity index is 1.16. The normalized spacial score (nSPS) is 14.3. The highest BCUT2D eigenvalue weighted by Crippen LogP contribution is 2.20. The highest BCUT2D eigenvalue weighted by Gasteiger charge is 2.24. The van der Waals surface area contributed by atoms with Crippen molar-refractivity contribution in [2.45, 2.75) is 19.3 Å². The van der Waals surface area contributed by atoms with Gasteiger partial charge >= 0.3 is 6.09 Å². The molecule has 0 N–H and O–H groups in total. The van der Waals surface area contributed by atoms with E-state index in [0.29, 0.717) is 38.0 Å². The summed E-state index contributed by atoms with van der Waals surface area (Å²) in [5, 5.41) is 0. The van der Waals surface area contributed by atoms with E-state index in [1.807, 2.05) is 36.4 Å². The Kier molecular flexibility index (Phi) is 7.00. The summed E-state index contributed by atoms with van der Waals surface area (Å²) in [5.74, 6) is 1.77. The first-order valence-electron chi connectivity index (χ1n) is 10.5. The quantitative estimate of drug-likeness (QED) is 0.555. The summed E-state index contributed by atoms with van der Waals surface area (Å²) in [4.78, 5) is 27.8. The lowest BCUT2D eigenvalue weighted by molar-refractivity contribution is 0.0541. The number of hydrogen-bond donors (Lipinski definition) is 0. The molecule has 31 heavy (non-hydrogen) atoms. The number of piperidine rings is 1. The van der Waals surface area contributed by atoms with Crippen molar-refractivity contribution in [3.63, 3.8) is 0 Å². The molecule has 0 saturated carbocycles. The molecule has 3 heterocycles. The molecule has 3 aromatic rings. The standard InChI is InChI=1S/C23H26N4O4/c28-23(26-13-7-20(8-14-26)17-30-27-15-12-25-18-27)31-22-3-1-19(2-4-22)9-16-29-21-5-10-24-11-6-21/h1-6,10-12,15,18,20H,7-9,13-14,16-17H2. The molecule has 8 heteroatoms. The maximum atomic E-state index is 12.5. The highest BCUT2D eigenvalue weighted by atomic mass is 16.7. The smallest absolute Gasteiger partial charge is 0.415 e. The summed E-state index contributed by atoms with van der Waals surface area (Å²) in [7, 11) is 0. The number of rotatable bonds is 8. The van der Waals surface area contributed by atoms with Crippen LogP contribution in [-0.2, 0) is 6.42 Å². The minimum Gasteiger partial charge on any atom is -0.493 e. The van der Waals surface area contributed by atoms with Gasteiger partial charge in [0.2, 0.25) is 0 Å². The number of pyridine rings is 1. The zero-order valence-electron chi connectivity index (χ0n) is 17.3. The number of aromatic nitrogens is 3. The number of carbonyl (C=O) groups is 1. The molecule has 0 unspecified atom stereocenters. The van der Waals surface area contributed by atoms with Crippen molar-refractivity contribution < 1.29 is 19.1 Å². The Morgan fingerprint density at radius 2 is 1.74 bits per heavy atom. The van der Waals surface area contributed by atoms with Gasteiger partial charge in [0.25, 0.3) is 0 Å². The molecular weight excluding hydrogens is 396 g/mol. The SMILES string of the molecule is O=C(Oc1ccc(CCOc2ccncc2)cc1)N1CCC(COn2ccnc2)CC1. The number of nitrogens with zero attached hydrogens (tertiary/aromatic N) is 4. The molecule has 162 valence electrons. The van der Waals surface area contributed by atoms with E-state index in [-0.39, 0.29) is 6.09 Å². The van der Waals surface area contributed by atoms with Crippen LogP contribution >= 0.6 is 0 Å². The summed E-state index contributed by atoms with van der Waals surface area (Å²) < 4.78 is 12.8. The van der Waals surface area contributed by atoms with Gasteiger partial charge in [0.05, 0.1) is 12.8 Å². The summed E-state index contributed by atoms with van der Waals surface area (Å²) in [5.41, 5.74) is 1.12. The molecule has 1 fully saturated rings. The number of likely N-dealkylation sites (tertiary alicyclic amines) is 1. The maximum absolute atomic E-state index is 12.5. The van der Waals surface area contributed by atoms with E-state index in [4.69, 9.17) is 14.3 Å². The molecule has 8 nitrogen and oxygen atoms in total. The maximum Gasteiger partial charge on any atom is 0.415 e. The molecular formula is C23H26N4O4. The van der Waals surface area contributed by atoms with Crippen LogP contribution in [0.3, 0.4) is 0 Å². The van der Waals surface area contributed by atoms with Crippen molar-refractivity contribution in [3.05, 3.63) is 73.1 Å². The van der Waals surface area contributed by atoms with Gasteiger partial charge in [0, 0.05) is 38.1 Å². The molecule has 1 aliphatic rings. The Hall–Kier alpha value is -3.55. The van der Waals surface area contributed by atoms with Crippen LogP contribution in [0.25, 0.3) is 0 Å². The average molecular weight is 422 g/mol. The minimum atomic E-state index is -0.303. The Bertz CT molecular complexity index is 924. The third-order valence-corrected chi connectivity index (χ3v) is 5.25. The van der Waals surface area contributed by atoms with Crippen molar-refractivity contribution in [2.75, 3.05) is 26.3 Å². The van der Waals surface area contributed by atoms with Crippen molar-refractivity contribution in [2.24, 2.45) is 5.92 Å². The lowest BCUT2D eigenvalue weighted by Gasteiger charge is -2.30. The molecule has 1 amide bonds.